The molecule has 0 radical (unpaired) electrons. The molecule has 9 heteroatoms. The zero-order valence-corrected chi connectivity index (χ0v) is 16.6. The van der Waals surface area contributed by atoms with Crippen molar-refractivity contribution in [3.8, 4) is 17.1 Å². The topological polar surface area (TPSA) is 107 Å². The highest BCUT2D eigenvalue weighted by molar-refractivity contribution is 7.80. The van der Waals surface area contributed by atoms with Crippen molar-refractivity contribution in [2.24, 2.45) is 0 Å². The third-order valence-electron chi connectivity index (χ3n) is 3.95. The van der Waals surface area contributed by atoms with Crippen molar-refractivity contribution in [3.05, 3.63) is 82.6 Å². The van der Waals surface area contributed by atoms with Crippen molar-refractivity contribution in [1.82, 2.24) is 5.32 Å². The Morgan fingerprint density at radius 1 is 1.17 bits per heavy atom. The Labute approximate surface area is 177 Å². The van der Waals surface area contributed by atoms with Gasteiger partial charge in [0.15, 0.2) is 10.9 Å². The van der Waals surface area contributed by atoms with Gasteiger partial charge < -0.3 is 14.5 Å². The lowest BCUT2D eigenvalue weighted by molar-refractivity contribution is -0.385. The Balaban J connectivity index is 1.59. The van der Waals surface area contributed by atoms with E-state index < -0.39 is 10.8 Å². The lowest BCUT2D eigenvalue weighted by Gasteiger charge is -2.09. The van der Waals surface area contributed by atoms with Crippen LogP contribution in [0.3, 0.4) is 0 Å². The van der Waals surface area contributed by atoms with Crippen LogP contribution in [0.1, 0.15) is 5.76 Å². The van der Waals surface area contributed by atoms with Crippen molar-refractivity contribution < 1.29 is 18.9 Å². The number of nitro groups is 1. The van der Waals surface area contributed by atoms with E-state index in [1.165, 1.54) is 31.4 Å². The van der Waals surface area contributed by atoms with Crippen molar-refractivity contribution in [2.45, 2.75) is 0 Å². The van der Waals surface area contributed by atoms with E-state index in [1.807, 2.05) is 36.4 Å². The Hall–Kier alpha value is -3.98. The molecule has 152 valence electrons. The molecule has 3 aromatic rings. The monoisotopic (exact) mass is 423 g/mol. The normalized spacial score (nSPS) is 10.6. The number of carbonyl (C=O) groups is 1. The molecule has 0 aliphatic rings. The van der Waals surface area contributed by atoms with Crippen LogP contribution >= 0.6 is 12.2 Å². The highest BCUT2D eigenvalue weighted by atomic mass is 32.1. The third kappa shape index (κ3) is 5.30. The minimum absolute atomic E-state index is 0.00599. The molecule has 2 N–H and O–H groups in total. The number of nitrogens with zero attached hydrogens (tertiary/aromatic N) is 1. The number of methoxy groups -OCH3 is 1. The van der Waals surface area contributed by atoms with E-state index in [1.54, 1.807) is 12.1 Å². The summed E-state index contributed by atoms with van der Waals surface area (Å²) >= 11 is 5.08. The number of furan rings is 1. The number of benzene rings is 2. The van der Waals surface area contributed by atoms with E-state index in [2.05, 4.69) is 10.6 Å². The maximum atomic E-state index is 12.1. The molecule has 8 nitrogen and oxygen atoms in total. The second kappa shape index (κ2) is 9.48. The van der Waals surface area contributed by atoms with E-state index in [9.17, 15) is 14.9 Å². The lowest BCUT2D eigenvalue weighted by atomic mass is 10.2. The van der Waals surface area contributed by atoms with E-state index in [0.717, 1.165) is 5.56 Å². The first-order chi connectivity index (χ1) is 14.5. The number of amides is 1. The van der Waals surface area contributed by atoms with E-state index in [4.69, 9.17) is 21.4 Å². The van der Waals surface area contributed by atoms with Gasteiger partial charge in [0.2, 0.25) is 5.91 Å². The first kappa shape index (κ1) is 20.7. The van der Waals surface area contributed by atoms with Crippen molar-refractivity contribution >= 4 is 40.7 Å². The number of hydrogen-bond acceptors (Lipinski definition) is 6. The Morgan fingerprint density at radius 3 is 2.63 bits per heavy atom. The van der Waals surface area contributed by atoms with Crippen molar-refractivity contribution in [2.75, 3.05) is 12.4 Å². The van der Waals surface area contributed by atoms with Crippen LogP contribution in [0.5, 0.6) is 5.75 Å². The summed E-state index contributed by atoms with van der Waals surface area (Å²) in [6.45, 7) is 0. The molecule has 1 amide bonds. The molecular weight excluding hydrogens is 406 g/mol. The fourth-order valence-electron chi connectivity index (χ4n) is 2.58. The number of thiocarbonyl (C=S) groups is 1. The van der Waals surface area contributed by atoms with E-state index in [-0.39, 0.29) is 16.5 Å². The van der Waals surface area contributed by atoms with E-state index >= 15 is 0 Å². The number of ether oxygens (including phenoxy) is 1. The van der Waals surface area contributed by atoms with Gasteiger partial charge in [-0.25, -0.2) is 0 Å². The van der Waals surface area contributed by atoms with Crippen LogP contribution in [0.25, 0.3) is 17.4 Å². The zero-order valence-electron chi connectivity index (χ0n) is 15.8. The van der Waals surface area contributed by atoms with Gasteiger partial charge >= 0.3 is 5.69 Å². The number of carbonyl (C=O) groups excluding carboxylic acids is 1. The highest BCUT2D eigenvalue weighted by Crippen LogP contribution is 2.29. The first-order valence-corrected chi connectivity index (χ1v) is 9.15. The highest BCUT2D eigenvalue weighted by Gasteiger charge is 2.15. The number of hydrogen-bond donors (Lipinski definition) is 2. The van der Waals surface area contributed by atoms with Crippen LogP contribution in [0.4, 0.5) is 11.4 Å². The van der Waals surface area contributed by atoms with Gasteiger partial charge in [0.25, 0.3) is 0 Å². The summed E-state index contributed by atoms with van der Waals surface area (Å²) in [5.41, 5.74) is 1.06. The number of rotatable bonds is 6. The average Bonchev–Trinajstić information content (AvgIpc) is 3.22. The minimum Gasteiger partial charge on any atom is -0.490 e. The smallest absolute Gasteiger partial charge is 0.312 e. The molecular formula is C21H17N3O5S. The second-order valence-corrected chi connectivity index (χ2v) is 6.40. The van der Waals surface area contributed by atoms with Gasteiger partial charge in [-0.15, -0.1) is 0 Å². The average molecular weight is 423 g/mol. The van der Waals surface area contributed by atoms with E-state index in [0.29, 0.717) is 17.2 Å². The van der Waals surface area contributed by atoms with Gasteiger partial charge in [0.05, 0.1) is 12.0 Å². The maximum Gasteiger partial charge on any atom is 0.312 e. The van der Waals surface area contributed by atoms with Crippen molar-refractivity contribution in [3.63, 3.8) is 0 Å². The van der Waals surface area contributed by atoms with Crippen LogP contribution in [0.15, 0.2) is 71.2 Å². The summed E-state index contributed by atoms with van der Waals surface area (Å²) in [7, 11) is 1.34. The molecule has 0 spiro atoms. The quantitative estimate of drug-likeness (QED) is 0.262. The Morgan fingerprint density at radius 2 is 1.93 bits per heavy atom. The predicted molar refractivity (Wildman–Crippen MR) is 117 cm³/mol. The molecule has 3 rings (SSSR count). The third-order valence-corrected chi connectivity index (χ3v) is 4.16. The van der Waals surface area contributed by atoms with Gasteiger partial charge in [0.1, 0.15) is 11.5 Å². The van der Waals surface area contributed by atoms with Crippen molar-refractivity contribution in [1.29, 1.82) is 0 Å². The van der Waals surface area contributed by atoms with Gasteiger partial charge in [-0.3, -0.25) is 20.2 Å². The fourth-order valence-corrected chi connectivity index (χ4v) is 2.80. The standard InChI is InChI=1S/C21H17N3O5S/c1-28-19-10-7-15(13-17(19)24(26)27)22-21(30)23-20(25)12-9-16-8-11-18(29-16)14-5-3-2-4-6-14/h2-13H,1H3,(H2,22,23,25,30)/b12-9+. The van der Waals surface area contributed by atoms with Gasteiger partial charge in [-0.1, -0.05) is 30.3 Å². The summed E-state index contributed by atoms with van der Waals surface area (Å²) in [4.78, 5) is 22.6. The SMILES string of the molecule is COc1ccc(NC(=S)NC(=O)/C=C/c2ccc(-c3ccccc3)o2)cc1[N+](=O)[O-]. The summed E-state index contributed by atoms with van der Waals surface area (Å²) < 4.78 is 10.6. The number of nitrogens with one attached hydrogen (secondary N) is 2. The van der Waals surface area contributed by atoms with Crippen LogP contribution in [0, 0.1) is 10.1 Å². The maximum absolute atomic E-state index is 12.1. The summed E-state index contributed by atoms with van der Waals surface area (Å²) in [6, 6.07) is 17.4. The summed E-state index contributed by atoms with van der Waals surface area (Å²) in [6.07, 6.45) is 2.79. The zero-order chi connectivity index (χ0) is 21.5. The molecule has 0 saturated heterocycles. The molecule has 1 aromatic heterocycles. The Bertz CT molecular complexity index is 1110. The van der Waals surface area contributed by atoms with Crippen LogP contribution in [0.2, 0.25) is 0 Å². The van der Waals surface area contributed by atoms with Gasteiger partial charge in [-0.2, -0.15) is 0 Å². The molecule has 30 heavy (non-hydrogen) atoms. The molecule has 0 aliphatic heterocycles. The minimum atomic E-state index is -0.568. The van der Waals surface area contributed by atoms with Crippen LogP contribution in [-0.4, -0.2) is 23.1 Å². The number of anilines is 1. The largest absolute Gasteiger partial charge is 0.490 e. The van der Waals surface area contributed by atoms with Gasteiger partial charge in [-0.05, 0) is 42.6 Å². The molecule has 0 unspecified atom stereocenters. The van der Waals surface area contributed by atoms with Gasteiger partial charge in [0, 0.05) is 23.4 Å². The second-order valence-electron chi connectivity index (χ2n) is 5.99. The lowest BCUT2D eigenvalue weighted by Crippen LogP contribution is -2.32. The Kier molecular flexibility index (Phi) is 6.56. The predicted octanol–water partition coefficient (Wildman–Crippen LogP) is 4.39. The molecule has 2 aromatic carbocycles. The number of nitro benzene ring substituents is 1. The molecule has 0 saturated carbocycles. The molecule has 1 heterocycles. The van der Waals surface area contributed by atoms with Crippen LogP contribution < -0.4 is 15.4 Å². The first-order valence-electron chi connectivity index (χ1n) is 8.74. The summed E-state index contributed by atoms with van der Waals surface area (Å²) in [5, 5.41) is 16.3. The van der Waals surface area contributed by atoms with Crippen LogP contribution in [-0.2, 0) is 4.79 Å². The molecule has 0 aliphatic carbocycles. The summed E-state index contributed by atoms with van der Waals surface area (Å²) in [5.74, 6) is 0.840. The molecule has 0 atom stereocenters. The molecule has 0 fully saturated rings. The fraction of sp³-hybridized carbons (Fsp3) is 0.0476. The molecule has 0 bridgehead atoms.